The van der Waals surface area contributed by atoms with E-state index >= 15 is 0 Å². The highest BCUT2D eigenvalue weighted by Crippen LogP contribution is 2.27. The molecule has 2 aromatic carbocycles. The SMILES string of the molecule is O=C(COc1ccc(F)cc1)Nc1nnc(-c2ccc(Cl)cc2)s1. The second-order valence-electron chi connectivity index (χ2n) is 4.71. The van der Waals surface area contributed by atoms with Gasteiger partial charge in [0.05, 0.1) is 0 Å². The number of hydrogen-bond acceptors (Lipinski definition) is 5. The molecule has 24 heavy (non-hydrogen) atoms. The van der Waals surface area contributed by atoms with Crippen LogP contribution in [0.1, 0.15) is 0 Å². The molecule has 0 atom stereocenters. The predicted molar refractivity (Wildman–Crippen MR) is 90.9 cm³/mol. The summed E-state index contributed by atoms with van der Waals surface area (Å²) in [6, 6.07) is 12.6. The third-order valence-corrected chi connectivity index (χ3v) is 4.09. The smallest absolute Gasteiger partial charge is 0.264 e. The number of halogens is 2. The fourth-order valence-electron chi connectivity index (χ4n) is 1.82. The van der Waals surface area contributed by atoms with Gasteiger partial charge in [0, 0.05) is 10.6 Å². The highest BCUT2D eigenvalue weighted by molar-refractivity contribution is 7.18. The van der Waals surface area contributed by atoms with Crippen LogP contribution in [0.2, 0.25) is 5.02 Å². The molecular weight excluding hydrogens is 353 g/mol. The second kappa shape index (κ2) is 7.37. The highest BCUT2D eigenvalue weighted by Gasteiger charge is 2.10. The maximum Gasteiger partial charge on any atom is 0.264 e. The van der Waals surface area contributed by atoms with E-state index in [4.69, 9.17) is 16.3 Å². The van der Waals surface area contributed by atoms with Gasteiger partial charge >= 0.3 is 0 Å². The molecule has 0 aliphatic heterocycles. The number of nitrogens with one attached hydrogen (secondary N) is 1. The third kappa shape index (κ3) is 4.27. The van der Waals surface area contributed by atoms with Gasteiger partial charge in [-0.15, -0.1) is 10.2 Å². The summed E-state index contributed by atoms with van der Waals surface area (Å²) in [5.74, 6) is -0.334. The zero-order chi connectivity index (χ0) is 16.9. The first-order valence-electron chi connectivity index (χ1n) is 6.88. The fraction of sp³-hybridized carbons (Fsp3) is 0.0625. The molecule has 122 valence electrons. The number of carbonyl (C=O) groups excluding carboxylic acids is 1. The summed E-state index contributed by atoms with van der Waals surface area (Å²) >= 11 is 7.08. The molecule has 5 nitrogen and oxygen atoms in total. The summed E-state index contributed by atoms with van der Waals surface area (Å²) < 4.78 is 18.0. The molecule has 8 heteroatoms. The van der Waals surface area contributed by atoms with Crippen molar-refractivity contribution >= 4 is 34.0 Å². The normalized spacial score (nSPS) is 10.4. The lowest BCUT2D eigenvalue weighted by molar-refractivity contribution is -0.118. The number of hydrogen-bond donors (Lipinski definition) is 1. The van der Waals surface area contributed by atoms with E-state index < -0.39 is 0 Å². The van der Waals surface area contributed by atoms with E-state index in [0.29, 0.717) is 20.9 Å². The van der Waals surface area contributed by atoms with E-state index in [1.54, 1.807) is 12.1 Å². The van der Waals surface area contributed by atoms with Crippen molar-refractivity contribution < 1.29 is 13.9 Å². The van der Waals surface area contributed by atoms with Crippen LogP contribution in [0.5, 0.6) is 5.75 Å². The van der Waals surface area contributed by atoms with Gasteiger partial charge in [0.15, 0.2) is 6.61 Å². The zero-order valence-electron chi connectivity index (χ0n) is 12.2. The minimum atomic E-state index is -0.377. The number of ether oxygens (including phenoxy) is 1. The molecular formula is C16H11ClFN3O2S. The zero-order valence-corrected chi connectivity index (χ0v) is 13.8. The van der Waals surface area contributed by atoms with Gasteiger partial charge in [-0.25, -0.2) is 4.39 Å². The first kappa shape index (κ1) is 16.4. The van der Waals surface area contributed by atoms with Gasteiger partial charge in [0.1, 0.15) is 16.6 Å². The molecule has 0 radical (unpaired) electrons. The van der Waals surface area contributed by atoms with Crippen molar-refractivity contribution in [3.8, 4) is 16.3 Å². The lowest BCUT2D eigenvalue weighted by Gasteiger charge is -2.05. The molecule has 0 saturated heterocycles. The summed E-state index contributed by atoms with van der Waals surface area (Å²) in [5.41, 5.74) is 0.861. The van der Waals surface area contributed by atoms with Gasteiger partial charge in [0.25, 0.3) is 5.91 Å². The molecule has 1 aromatic heterocycles. The van der Waals surface area contributed by atoms with Crippen LogP contribution in [0, 0.1) is 5.82 Å². The van der Waals surface area contributed by atoms with Crippen LogP contribution >= 0.6 is 22.9 Å². The largest absolute Gasteiger partial charge is 0.484 e. The molecule has 0 aliphatic carbocycles. The molecule has 0 bridgehead atoms. The van der Waals surface area contributed by atoms with E-state index in [9.17, 15) is 9.18 Å². The maximum atomic E-state index is 12.8. The Morgan fingerprint density at radius 2 is 1.83 bits per heavy atom. The first-order valence-corrected chi connectivity index (χ1v) is 8.07. The predicted octanol–water partition coefficient (Wildman–Crippen LogP) is 4.02. The van der Waals surface area contributed by atoms with E-state index in [1.165, 1.54) is 35.6 Å². The topological polar surface area (TPSA) is 64.1 Å². The van der Waals surface area contributed by atoms with Crippen LogP contribution in [0.15, 0.2) is 48.5 Å². The Kier molecular flexibility index (Phi) is 5.02. The molecule has 1 amide bonds. The quantitative estimate of drug-likeness (QED) is 0.743. The van der Waals surface area contributed by atoms with Crippen LogP contribution in [0.3, 0.4) is 0 Å². The molecule has 0 unspecified atom stereocenters. The minimum absolute atomic E-state index is 0.207. The van der Waals surface area contributed by atoms with E-state index in [-0.39, 0.29) is 18.3 Å². The Hall–Kier alpha value is -2.51. The average molecular weight is 364 g/mol. The Morgan fingerprint density at radius 3 is 2.54 bits per heavy atom. The molecule has 0 saturated carbocycles. The van der Waals surface area contributed by atoms with Crippen molar-refractivity contribution in [1.82, 2.24) is 10.2 Å². The summed E-state index contributed by atoms with van der Waals surface area (Å²) in [6.45, 7) is -0.207. The lowest BCUT2D eigenvalue weighted by Crippen LogP contribution is -2.20. The van der Waals surface area contributed by atoms with Crippen LogP contribution in [0.25, 0.3) is 10.6 Å². The van der Waals surface area contributed by atoms with Crippen LogP contribution < -0.4 is 10.1 Å². The lowest BCUT2D eigenvalue weighted by atomic mass is 10.2. The van der Waals surface area contributed by atoms with E-state index in [0.717, 1.165) is 5.56 Å². The second-order valence-corrected chi connectivity index (χ2v) is 6.12. The van der Waals surface area contributed by atoms with Crippen molar-refractivity contribution in [2.75, 3.05) is 11.9 Å². The van der Waals surface area contributed by atoms with Gasteiger partial charge in [-0.2, -0.15) is 0 Å². The number of amides is 1. The fourth-order valence-corrected chi connectivity index (χ4v) is 2.71. The molecule has 0 spiro atoms. The highest BCUT2D eigenvalue weighted by atomic mass is 35.5. The summed E-state index contributed by atoms with van der Waals surface area (Å²) in [7, 11) is 0. The monoisotopic (exact) mass is 363 g/mol. The first-order chi connectivity index (χ1) is 11.6. The summed E-state index contributed by atoms with van der Waals surface area (Å²) in [5, 5.41) is 12.2. The number of benzene rings is 2. The molecule has 1 N–H and O–H groups in total. The van der Waals surface area contributed by atoms with Crippen molar-refractivity contribution in [2.24, 2.45) is 0 Å². The number of nitrogens with zero attached hydrogens (tertiary/aromatic N) is 2. The number of carbonyl (C=O) groups is 1. The molecule has 0 fully saturated rings. The van der Waals surface area contributed by atoms with Crippen molar-refractivity contribution in [3.05, 3.63) is 59.4 Å². The van der Waals surface area contributed by atoms with Crippen molar-refractivity contribution in [1.29, 1.82) is 0 Å². The van der Waals surface area contributed by atoms with Gasteiger partial charge < -0.3 is 4.74 Å². The number of anilines is 1. The molecule has 3 aromatic rings. The molecule has 3 rings (SSSR count). The minimum Gasteiger partial charge on any atom is -0.484 e. The Balaban J connectivity index is 1.57. The van der Waals surface area contributed by atoms with Crippen LogP contribution in [-0.2, 0) is 4.79 Å². The third-order valence-electron chi connectivity index (χ3n) is 2.95. The van der Waals surface area contributed by atoms with Gasteiger partial charge in [-0.3, -0.25) is 10.1 Å². The van der Waals surface area contributed by atoms with Crippen molar-refractivity contribution in [3.63, 3.8) is 0 Å². The number of rotatable bonds is 5. The number of aromatic nitrogens is 2. The standard InChI is InChI=1S/C16H11ClFN3O2S/c17-11-3-1-10(2-4-11)15-20-21-16(24-15)19-14(22)9-23-13-7-5-12(18)6-8-13/h1-8H,9H2,(H,19,21,22). The Labute approximate surface area is 146 Å². The van der Waals surface area contributed by atoms with E-state index in [1.807, 2.05) is 12.1 Å². The van der Waals surface area contributed by atoms with Crippen molar-refractivity contribution in [2.45, 2.75) is 0 Å². The van der Waals surface area contributed by atoms with Crippen LogP contribution in [-0.4, -0.2) is 22.7 Å². The molecule has 0 aliphatic rings. The summed E-state index contributed by atoms with van der Waals surface area (Å²) in [4.78, 5) is 11.9. The molecule has 1 heterocycles. The van der Waals surface area contributed by atoms with Gasteiger partial charge in [0.2, 0.25) is 5.13 Å². The summed E-state index contributed by atoms with van der Waals surface area (Å²) in [6.07, 6.45) is 0. The Morgan fingerprint density at radius 1 is 1.12 bits per heavy atom. The average Bonchev–Trinajstić information content (AvgIpc) is 3.03. The van der Waals surface area contributed by atoms with Crippen LogP contribution in [0.4, 0.5) is 9.52 Å². The van der Waals surface area contributed by atoms with Gasteiger partial charge in [-0.1, -0.05) is 35.1 Å². The van der Waals surface area contributed by atoms with E-state index in [2.05, 4.69) is 15.5 Å². The maximum absolute atomic E-state index is 12.8. The van der Waals surface area contributed by atoms with Gasteiger partial charge in [-0.05, 0) is 36.4 Å². The Bertz CT molecular complexity index is 837.